The molecule has 0 N–H and O–H groups in total. The highest BCUT2D eigenvalue weighted by molar-refractivity contribution is 6.15. The van der Waals surface area contributed by atoms with Crippen LogP contribution in [0.15, 0.2) is 180 Å². The van der Waals surface area contributed by atoms with Gasteiger partial charge in [0.1, 0.15) is 11.2 Å². The molecular formula is C46H29NO. The van der Waals surface area contributed by atoms with Crippen molar-refractivity contribution in [1.82, 2.24) is 0 Å². The average molecular weight is 612 g/mol. The van der Waals surface area contributed by atoms with Gasteiger partial charge in [0.2, 0.25) is 0 Å². The zero-order valence-electron chi connectivity index (χ0n) is 26.1. The molecule has 0 radical (unpaired) electrons. The van der Waals surface area contributed by atoms with Crippen molar-refractivity contribution in [2.24, 2.45) is 0 Å². The molecular weight excluding hydrogens is 583 g/mol. The van der Waals surface area contributed by atoms with Gasteiger partial charge in [0.25, 0.3) is 0 Å². The van der Waals surface area contributed by atoms with Crippen LogP contribution in [0, 0.1) is 0 Å². The molecule has 10 aromatic rings. The quantitative estimate of drug-likeness (QED) is 0.184. The van der Waals surface area contributed by atoms with E-state index in [0.717, 1.165) is 39.0 Å². The second-order valence-corrected chi connectivity index (χ2v) is 12.5. The molecule has 0 bridgehead atoms. The minimum atomic E-state index is 0.879. The SMILES string of the molecule is c1ccc2c(c1)ccc1ccc(N(c3ccc(-c4cccc5c4ccc4ccccc45)cc3)c3cccc4oc5ccccc5c34)cc12. The molecule has 2 nitrogen and oxygen atoms in total. The topological polar surface area (TPSA) is 16.4 Å². The monoisotopic (exact) mass is 611 g/mol. The normalized spacial score (nSPS) is 11.8. The zero-order chi connectivity index (χ0) is 31.6. The van der Waals surface area contributed by atoms with Gasteiger partial charge in [0.05, 0.1) is 11.1 Å². The number of benzene rings is 9. The third-order valence-electron chi connectivity index (χ3n) is 9.83. The van der Waals surface area contributed by atoms with Crippen LogP contribution < -0.4 is 4.90 Å². The van der Waals surface area contributed by atoms with Gasteiger partial charge in [0, 0.05) is 16.8 Å². The van der Waals surface area contributed by atoms with Crippen molar-refractivity contribution in [3.05, 3.63) is 176 Å². The first kappa shape index (κ1) is 26.8. The van der Waals surface area contributed by atoms with Crippen molar-refractivity contribution in [1.29, 1.82) is 0 Å². The Bertz CT molecular complexity index is 2840. The smallest absolute Gasteiger partial charge is 0.137 e. The Morgan fingerprint density at radius 1 is 0.354 bits per heavy atom. The summed E-state index contributed by atoms with van der Waals surface area (Å²) in [5, 5.41) is 12.3. The van der Waals surface area contributed by atoms with Crippen LogP contribution in [0.4, 0.5) is 17.1 Å². The lowest BCUT2D eigenvalue weighted by Gasteiger charge is -2.27. The number of hydrogen-bond acceptors (Lipinski definition) is 2. The Morgan fingerprint density at radius 2 is 0.938 bits per heavy atom. The molecule has 0 aliphatic rings. The summed E-state index contributed by atoms with van der Waals surface area (Å²) in [7, 11) is 0. The maximum Gasteiger partial charge on any atom is 0.137 e. The molecule has 10 rings (SSSR count). The van der Waals surface area contributed by atoms with E-state index >= 15 is 0 Å². The average Bonchev–Trinajstić information content (AvgIpc) is 3.54. The number of hydrogen-bond donors (Lipinski definition) is 0. The van der Waals surface area contributed by atoms with E-state index in [1.165, 1.54) is 54.2 Å². The number of anilines is 3. The van der Waals surface area contributed by atoms with Gasteiger partial charge < -0.3 is 9.32 Å². The van der Waals surface area contributed by atoms with Crippen LogP contribution in [0.25, 0.3) is 76.2 Å². The van der Waals surface area contributed by atoms with E-state index < -0.39 is 0 Å². The molecule has 0 atom stereocenters. The van der Waals surface area contributed by atoms with Crippen LogP contribution >= 0.6 is 0 Å². The summed E-state index contributed by atoms with van der Waals surface area (Å²) in [6.45, 7) is 0. The van der Waals surface area contributed by atoms with Gasteiger partial charge in [-0.15, -0.1) is 0 Å². The standard InChI is InChI=1S/C46H29NO/c1-3-11-36-31(10-1)24-28-40-37(14-7-15-39(36)40)32-21-25-34(26-22-32)47(43-16-8-18-45-46(43)41-13-5-6-17-44(41)48-45)35-27-23-33-20-19-30-9-2-4-12-38(30)42(33)29-35/h1-29H. The first-order valence-corrected chi connectivity index (χ1v) is 16.4. The van der Waals surface area contributed by atoms with Crippen LogP contribution in [0.2, 0.25) is 0 Å². The molecule has 1 aromatic heterocycles. The summed E-state index contributed by atoms with van der Waals surface area (Å²) in [5.74, 6) is 0. The van der Waals surface area contributed by atoms with E-state index in [-0.39, 0.29) is 0 Å². The first-order valence-electron chi connectivity index (χ1n) is 16.4. The molecule has 9 aromatic carbocycles. The van der Waals surface area contributed by atoms with Gasteiger partial charge in [0.15, 0.2) is 0 Å². The van der Waals surface area contributed by atoms with Crippen LogP contribution in [-0.4, -0.2) is 0 Å². The Kier molecular flexibility index (Phi) is 5.91. The lowest BCUT2D eigenvalue weighted by molar-refractivity contribution is 0.669. The molecule has 0 aliphatic heterocycles. The molecule has 224 valence electrons. The van der Waals surface area contributed by atoms with Gasteiger partial charge >= 0.3 is 0 Å². The van der Waals surface area contributed by atoms with Gasteiger partial charge in [-0.3, -0.25) is 0 Å². The summed E-state index contributed by atoms with van der Waals surface area (Å²) in [6.07, 6.45) is 0. The molecule has 48 heavy (non-hydrogen) atoms. The predicted octanol–water partition coefficient (Wildman–Crippen LogP) is 13.3. The number of fused-ring (bicyclic) bond motifs is 9. The minimum Gasteiger partial charge on any atom is -0.456 e. The van der Waals surface area contributed by atoms with E-state index in [0.29, 0.717) is 0 Å². The van der Waals surface area contributed by atoms with Crippen LogP contribution in [0.5, 0.6) is 0 Å². The lowest BCUT2D eigenvalue weighted by atomic mass is 9.94. The van der Waals surface area contributed by atoms with Crippen LogP contribution in [0.3, 0.4) is 0 Å². The van der Waals surface area contributed by atoms with E-state index in [2.05, 4.69) is 169 Å². The summed E-state index contributed by atoms with van der Waals surface area (Å²) in [6, 6.07) is 63.4. The van der Waals surface area contributed by atoms with Crippen molar-refractivity contribution in [2.75, 3.05) is 4.90 Å². The van der Waals surface area contributed by atoms with Gasteiger partial charge in [-0.1, -0.05) is 133 Å². The Hall–Kier alpha value is -6.38. The molecule has 1 heterocycles. The van der Waals surface area contributed by atoms with Gasteiger partial charge in [-0.25, -0.2) is 0 Å². The third kappa shape index (κ3) is 4.13. The van der Waals surface area contributed by atoms with Gasteiger partial charge in [-0.05, 0) is 96.7 Å². The van der Waals surface area contributed by atoms with Crippen molar-refractivity contribution < 1.29 is 4.42 Å². The van der Waals surface area contributed by atoms with Crippen molar-refractivity contribution in [3.63, 3.8) is 0 Å². The molecule has 0 saturated carbocycles. The molecule has 0 saturated heterocycles. The first-order chi connectivity index (χ1) is 23.8. The van der Waals surface area contributed by atoms with Crippen LogP contribution in [-0.2, 0) is 0 Å². The highest BCUT2D eigenvalue weighted by Crippen LogP contribution is 2.44. The van der Waals surface area contributed by atoms with Crippen molar-refractivity contribution >= 4 is 82.1 Å². The summed E-state index contributed by atoms with van der Waals surface area (Å²) >= 11 is 0. The fourth-order valence-corrected chi connectivity index (χ4v) is 7.58. The molecule has 0 unspecified atom stereocenters. The van der Waals surface area contributed by atoms with E-state index in [1.807, 2.05) is 12.1 Å². The summed E-state index contributed by atoms with van der Waals surface area (Å²) in [5.41, 5.74) is 7.46. The summed E-state index contributed by atoms with van der Waals surface area (Å²) in [4.78, 5) is 2.38. The number of furan rings is 1. The van der Waals surface area contributed by atoms with Crippen molar-refractivity contribution in [2.45, 2.75) is 0 Å². The Morgan fingerprint density at radius 3 is 1.75 bits per heavy atom. The Labute approximate surface area is 277 Å². The maximum atomic E-state index is 6.36. The summed E-state index contributed by atoms with van der Waals surface area (Å²) < 4.78 is 6.36. The molecule has 2 heteroatoms. The highest BCUT2D eigenvalue weighted by atomic mass is 16.3. The fourth-order valence-electron chi connectivity index (χ4n) is 7.58. The highest BCUT2D eigenvalue weighted by Gasteiger charge is 2.20. The van der Waals surface area contributed by atoms with Crippen LogP contribution in [0.1, 0.15) is 0 Å². The van der Waals surface area contributed by atoms with E-state index in [4.69, 9.17) is 4.42 Å². The Balaban J connectivity index is 1.19. The fraction of sp³-hybridized carbons (Fsp3) is 0. The predicted molar refractivity (Wildman–Crippen MR) is 204 cm³/mol. The zero-order valence-corrected chi connectivity index (χ0v) is 26.1. The molecule has 0 fully saturated rings. The van der Waals surface area contributed by atoms with Gasteiger partial charge in [-0.2, -0.15) is 0 Å². The molecule has 0 amide bonds. The lowest BCUT2D eigenvalue weighted by Crippen LogP contribution is -2.10. The molecule has 0 spiro atoms. The van der Waals surface area contributed by atoms with E-state index in [1.54, 1.807) is 0 Å². The number of para-hydroxylation sites is 1. The van der Waals surface area contributed by atoms with Crippen molar-refractivity contribution in [3.8, 4) is 11.1 Å². The van der Waals surface area contributed by atoms with E-state index in [9.17, 15) is 0 Å². The molecule has 0 aliphatic carbocycles. The second kappa shape index (κ2) is 10.6. The second-order valence-electron chi connectivity index (χ2n) is 12.5. The third-order valence-corrected chi connectivity index (χ3v) is 9.83. The number of nitrogens with zero attached hydrogens (tertiary/aromatic N) is 1. The largest absolute Gasteiger partial charge is 0.456 e. The maximum absolute atomic E-state index is 6.36. The minimum absolute atomic E-state index is 0.879. The number of rotatable bonds is 4.